The molecule has 0 saturated carbocycles. The molecule has 104 valence electrons. The van der Waals surface area contributed by atoms with E-state index >= 15 is 0 Å². The van der Waals surface area contributed by atoms with Crippen LogP contribution in [-0.4, -0.2) is 35.6 Å². The number of rotatable bonds is 5. The number of nitrogens with zero attached hydrogens (tertiary/aromatic N) is 1. The summed E-state index contributed by atoms with van der Waals surface area (Å²) in [5.74, 6) is -0.859. The number of benzene rings is 1. The van der Waals surface area contributed by atoms with Gasteiger partial charge in [0.25, 0.3) is 0 Å². The lowest BCUT2D eigenvalue weighted by Crippen LogP contribution is -2.32. The topological polar surface area (TPSA) is 69.6 Å². The predicted molar refractivity (Wildman–Crippen MR) is 74.7 cm³/mol. The van der Waals surface area contributed by atoms with Gasteiger partial charge in [-0.25, -0.2) is 4.79 Å². The number of hydrogen-bond acceptors (Lipinski definition) is 2. The molecule has 2 amide bonds. The van der Waals surface area contributed by atoms with Gasteiger partial charge in [0.05, 0.1) is 0 Å². The van der Waals surface area contributed by atoms with Gasteiger partial charge in [0.2, 0.25) is 0 Å². The summed E-state index contributed by atoms with van der Waals surface area (Å²) in [6, 6.07) is 4.94. The Balaban J connectivity index is 2.51. The smallest absolute Gasteiger partial charge is 0.321 e. The third-order valence-electron chi connectivity index (χ3n) is 2.66. The number of hydrogen-bond donors (Lipinski definition) is 2. The number of nitrogens with one attached hydrogen (secondary N) is 1. The van der Waals surface area contributed by atoms with Crippen LogP contribution in [0.4, 0.5) is 10.5 Å². The molecule has 5 nitrogen and oxygen atoms in total. The van der Waals surface area contributed by atoms with Gasteiger partial charge in [-0.05, 0) is 37.1 Å². The molecule has 2 N–H and O–H groups in total. The van der Waals surface area contributed by atoms with Crippen molar-refractivity contribution in [2.75, 3.05) is 18.9 Å². The second-order valence-corrected chi connectivity index (χ2v) is 4.74. The molecule has 6 heteroatoms. The van der Waals surface area contributed by atoms with E-state index < -0.39 is 5.97 Å². The molecule has 19 heavy (non-hydrogen) atoms. The molecule has 0 heterocycles. The van der Waals surface area contributed by atoms with E-state index in [4.69, 9.17) is 16.7 Å². The molecule has 0 aliphatic heterocycles. The molecule has 0 spiro atoms. The van der Waals surface area contributed by atoms with Crippen molar-refractivity contribution in [2.24, 2.45) is 0 Å². The van der Waals surface area contributed by atoms with Crippen molar-refractivity contribution < 1.29 is 14.7 Å². The second kappa shape index (κ2) is 6.99. The SMILES string of the molecule is Cc1cc(Cl)ccc1NC(=O)N(C)CCCC(=O)O. The molecule has 1 aromatic rings. The van der Waals surface area contributed by atoms with E-state index in [0.717, 1.165) is 5.56 Å². The molecule has 0 aliphatic carbocycles. The summed E-state index contributed by atoms with van der Waals surface area (Å²) in [5.41, 5.74) is 1.57. The first-order valence-corrected chi connectivity index (χ1v) is 6.28. The number of carbonyl (C=O) groups is 2. The predicted octanol–water partition coefficient (Wildman–Crippen LogP) is 2.98. The van der Waals surface area contributed by atoms with Gasteiger partial charge in [-0.2, -0.15) is 0 Å². The minimum atomic E-state index is -0.859. The first-order chi connectivity index (χ1) is 8.90. The standard InChI is InChI=1S/C13H17ClN2O3/c1-9-8-10(14)5-6-11(9)15-13(19)16(2)7-3-4-12(17)18/h5-6,8H,3-4,7H2,1-2H3,(H,15,19)(H,17,18). The fourth-order valence-electron chi connectivity index (χ4n) is 1.55. The third-order valence-corrected chi connectivity index (χ3v) is 2.90. The number of halogens is 1. The van der Waals surface area contributed by atoms with Crippen LogP contribution < -0.4 is 5.32 Å². The first kappa shape index (κ1) is 15.3. The van der Waals surface area contributed by atoms with E-state index in [1.165, 1.54) is 4.90 Å². The third kappa shape index (κ3) is 5.18. The van der Waals surface area contributed by atoms with Gasteiger partial charge in [0, 0.05) is 30.7 Å². The van der Waals surface area contributed by atoms with Crippen LogP contribution in [0, 0.1) is 6.92 Å². The van der Waals surface area contributed by atoms with Crippen LogP contribution in [0.3, 0.4) is 0 Å². The van der Waals surface area contributed by atoms with Crippen molar-refractivity contribution in [1.82, 2.24) is 4.90 Å². The molecule has 0 radical (unpaired) electrons. The van der Waals surface area contributed by atoms with Crippen LogP contribution in [0.25, 0.3) is 0 Å². The zero-order valence-corrected chi connectivity index (χ0v) is 11.7. The Morgan fingerprint density at radius 3 is 2.68 bits per heavy atom. The molecule has 0 atom stereocenters. The minimum Gasteiger partial charge on any atom is -0.481 e. The van der Waals surface area contributed by atoms with Gasteiger partial charge in [-0.1, -0.05) is 11.6 Å². The minimum absolute atomic E-state index is 0.0532. The van der Waals surface area contributed by atoms with E-state index in [2.05, 4.69) is 5.32 Å². The molecule has 0 bridgehead atoms. The van der Waals surface area contributed by atoms with Crippen LogP contribution >= 0.6 is 11.6 Å². The number of aryl methyl sites for hydroxylation is 1. The summed E-state index contributed by atoms with van der Waals surface area (Å²) in [7, 11) is 1.63. The van der Waals surface area contributed by atoms with E-state index in [9.17, 15) is 9.59 Å². The van der Waals surface area contributed by atoms with Crippen LogP contribution in [0.2, 0.25) is 5.02 Å². The fourth-order valence-corrected chi connectivity index (χ4v) is 1.77. The average molecular weight is 285 g/mol. The Morgan fingerprint density at radius 2 is 2.11 bits per heavy atom. The number of amides is 2. The van der Waals surface area contributed by atoms with E-state index in [0.29, 0.717) is 23.7 Å². The van der Waals surface area contributed by atoms with Crippen molar-refractivity contribution in [3.8, 4) is 0 Å². The maximum Gasteiger partial charge on any atom is 0.321 e. The maximum absolute atomic E-state index is 11.9. The summed E-state index contributed by atoms with van der Waals surface area (Å²) >= 11 is 5.84. The van der Waals surface area contributed by atoms with E-state index in [-0.39, 0.29) is 12.5 Å². The lowest BCUT2D eigenvalue weighted by molar-refractivity contribution is -0.137. The van der Waals surface area contributed by atoms with Crippen LogP contribution in [-0.2, 0) is 4.79 Å². The molecule has 1 aromatic carbocycles. The van der Waals surface area contributed by atoms with Crippen molar-refractivity contribution in [1.29, 1.82) is 0 Å². The van der Waals surface area contributed by atoms with Crippen molar-refractivity contribution in [2.45, 2.75) is 19.8 Å². The Morgan fingerprint density at radius 1 is 1.42 bits per heavy atom. The van der Waals surface area contributed by atoms with Gasteiger partial charge in [-0.3, -0.25) is 4.79 Å². The van der Waals surface area contributed by atoms with Gasteiger partial charge in [0.1, 0.15) is 0 Å². The lowest BCUT2D eigenvalue weighted by atomic mass is 10.2. The van der Waals surface area contributed by atoms with Gasteiger partial charge < -0.3 is 15.3 Å². The maximum atomic E-state index is 11.9. The summed E-state index contributed by atoms with van der Waals surface area (Å²) < 4.78 is 0. The first-order valence-electron chi connectivity index (χ1n) is 5.90. The number of anilines is 1. The average Bonchev–Trinajstić information content (AvgIpc) is 2.32. The number of carboxylic acids is 1. The van der Waals surface area contributed by atoms with Gasteiger partial charge in [0.15, 0.2) is 0 Å². The van der Waals surface area contributed by atoms with Crippen molar-refractivity contribution >= 4 is 29.3 Å². The summed E-state index contributed by atoms with van der Waals surface area (Å²) in [6.07, 6.45) is 0.483. The van der Waals surface area contributed by atoms with Gasteiger partial charge in [-0.15, -0.1) is 0 Å². The fraction of sp³-hybridized carbons (Fsp3) is 0.385. The Kier molecular flexibility index (Phi) is 5.63. The number of urea groups is 1. The molecule has 0 unspecified atom stereocenters. The number of carbonyl (C=O) groups excluding carboxylic acids is 1. The molecule has 0 aliphatic rings. The number of carboxylic acid groups (broad SMARTS) is 1. The van der Waals surface area contributed by atoms with E-state index in [1.54, 1.807) is 25.2 Å². The Labute approximate surface area is 117 Å². The second-order valence-electron chi connectivity index (χ2n) is 4.31. The lowest BCUT2D eigenvalue weighted by Gasteiger charge is -2.18. The van der Waals surface area contributed by atoms with Crippen LogP contribution in [0.1, 0.15) is 18.4 Å². The molecular formula is C13H17ClN2O3. The summed E-state index contributed by atoms with van der Waals surface area (Å²) in [4.78, 5) is 23.7. The highest BCUT2D eigenvalue weighted by Crippen LogP contribution is 2.19. The number of aliphatic carboxylic acids is 1. The van der Waals surface area contributed by atoms with Crippen LogP contribution in [0.15, 0.2) is 18.2 Å². The molecular weight excluding hydrogens is 268 g/mol. The largest absolute Gasteiger partial charge is 0.481 e. The Hall–Kier alpha value is -1.75. The highest BCUT2D eigenvalue weighted by molar-refractivity contribution is 6.30. The quantitative estimate of drug-likeness (QED) is 0.873. The molecule has 1 rings (SSSR count). The van der Waals surface area contributed by atoms with Crippen molar-refractivity contribution in [3.63, 3.8) is 0 Å². The highest BCUT2D eigenvalue weighted by Gasteiger charge is 2.10. The molecule has 0 saturated heterocycles. The molecule has 0 aromatic heterocycles. The van der Waals surface area contributed by atoms with Crippen LogP contribution in [0.5, 0.6) is 0 Å². The zero-order valence-electron chi connectivity index (χ0n) is 10.9. The zero-order chi connectivity index (χ0) is 14.4. The Bertz CT molecular complexity index is 477. The molecule has 0 fully saturated rings. The van der Waals surface area contributed by atoms with E-state index in [1.807, 2.05) is 6.92 Å². The summed E-state index contributed by atoms with van der Waals surface area (Å²) in [6.45, 7) is 2.25. The monoisotopic (exact) mass is 284 g/mol. The normalized spacial score (nSPS) is 10.1. The van der Waals surface area contributed by atoms with Crippen molar-refractivity contribution in [3.05, 3.63) is 28.8 Å². The summed E-state index contributed by atoms with van der Waals surface area (Å²) in [5, 5.41) is 11.9. The highest BCUT2D eigenvalue weighted by atomic mass is 35.5. The van der Waals surface area contributed by atoms with Gasteiger partial charge >= 0.3 is 12.0 Å².